The molecule has 234 valence electrons. The summed E-state index contributed by atoms with van der Waals surface area (Å²) in [7, 11) is -1.25. The number of nitrogens with zero attached hydrogens (tertiary/aromatic N) is 2. The predicted molar refractivity (Wildman–Crippen MR) is 168 cm³/mol. The Morgan fingerprint density at radius 2 is 1.74 bits per heavy atom. The van der Waals surface area contributed by atoms with Gasteiger partial charge < -0.3 is 15.4 Å². The minimum absolute atomic E-state index is 0.00370. The fraction of sp³-hybridized carbons (Fsp3) is 0.710. The van der Waals surface area contributed by atoms with Gasteiger partial charge in [0.2, 0.25) is 11.8 Å². The molecule has 2 heterocycles. The lowest BCUT2D eigenvalue weighted by Gasteiger charge is -2.33. The number of likely N-dealkylation sites (tertiary alicyclic amines) is 1. The maximum absolute atomic E-state index is 13.6. The average molecular weight is 621 g/mol. The van der Waals surface area contributed by atoms with E-state index in [2.05, 4.69) is 27.7 Å². The summed E-state index contributed by atoms with van der Waals surface area (Å²) in [6.45, 7) is 7.99. The Morgan fingerprint density at radius 3 is 2.40 bits per heavy atom. The number of amides is 3. The number of benzene rings is 1. The van der Waals surface area contributed by atoms with Crippen LogP contribution in [0.15, 0.2) is 30.3 Å². The summed E-state index contributed by atoms with van der Waals surface area (Å²) >= 11 is 1.47. The number of nitrogens with one attached hydrogen (secondary N) is 2. The summed E-state index contributed by atoms with van der Waals surface area (Å²) in [5.41, 5.74) is 0.592. The molecular formula is C31H48N4O5S2. The third-order valence-electron chi connectivity index (χ3n) is 8.13. The number of rotatable bonds is 10. The molecule has 1 saturated carbocycles. The summed E-state index contributed by atoms with van der Waals surface area (Å²) < 4.78 is 18.8. The Balaban J connectivity index is 1.36. The fourth-order valence-corrected chi connectivity index (χ4v) is 8.60. The molecule has 0 radical (unpaired) electrons. The van der Waals surface area contributed by atoms with E-state index in [1.807, 2.05) is 18.2 Å². The van der Waals surface area contributed by atoms with Crippen LogP contribution in [0.2, 0.25) is 0 Å². The minimum Gasteiger partial charge on any atom is -0.444 e. The molecule has 1 aromatic carbocycles. The second kappa shape index (κ2) is 15.6. The maximum Gasteiger partial charge on any atom is 0.411 e. The van der Waals surface area contributed by atoms with Crippen molar-refractivity contribution in [2.45, 2.75) is 96.0 Å². The van der Waals surface area contributed by atoms with E-state index in [4.69, 9.17) is 4.74 Å². The van der Waals surface area contributed by atoms with Crippen molar-refractivity contribution in [2.75, 3.05) is 36.2 Å². The molecular weight excluding hydrogens is 572 g/mol. The highest BCUT2D eigenvalue weighted by molar-refractivity contribution is 7.99. The topological polar surface area (TPSA) is 108 Å². The predicted octanol–water partition coefficient (Wildman–Crippen LogP) is 3.89. The Labute approximate surface area is 257 Å². The molecule has 42 heavy (non-hydrogen) atoms. The van der Waals surface area contributed by atoms with Crippen molar-refractivity contribution in [1.29, 1.82) is 0 Å². The number of piperidine rings is 1. The normalized spacial score (nSPS) is 22.4. The quantitative estimate of drug-likeness (QED) is 0.409. The molecule has 1 aromatic rings. The summed E-state index contributed by atoms with van der Waals surface area (Å²) in [5, 5.41) is 6.04. The first-order valence-corrected chi connectivity index (χ1v) is 18.0. The summed E-state index contributed by atoms with van der Waals surface area (Å²) in [4.78, 5) is 43.6. The van der Waals surface area contributed by atoms with Crippen LogP contribution in [-0.4, -0.2) is 91.9 Å². The van der Waals surface area contributed by atoms with Crippen molar-refractivity contribution in [3.8, 4) is 0 Å². The van der Waals surface area contributed by atoms with Crippen LogP contribution >= 0.6 is 11.8 Å². The molecule has 9 nitrogen and oxygen atoms in total. The smallest absolute Gasteiger partial charge is 0.411 e. The van der Waals surface area contributed by atoms with E-state index in [0.29, 0.717) is 23.3 Å². The number of thioether (sulfide) groups is 1. The van der Waals surface area contributed by atoms with E-state index in [-0.39, 0.29) is 17.7 Å². The van der Waals surface area contributed by atoms with E-state index in [1.54, 1.807) is 20.8 Å². The lowest BCUT2D eigenvalue weighted by Crippen LogP contribution is -2.57. The van der Waals surface area contributed by atoms with Gasteiger partial charge >= 0.3 is 6.09 Å². The van der Waals surface area contributed by atoms with Gasteiger partial charge in [-0.05, 0) is 57.9 Å². The zero-order chi connectivity index (χ0) is 30.1. The van der Waals surface area contributed by atoms with Crippen molar-refractivity contribution >= 4 is 40.5 Å². The number of hydrogen-bond donors (Lipinski definition) is 2. The van der Waals surface area contributed by atoms with Gasteiger partial charge in [-0.2, -0.15) is 0 Å². The van der Waals surface area contributed by atoms with E-state index >= 15 is 0 Å². The summed E-state index contributed by atoms with van der Waals surface area (Å²) in [6, 6.07) is 8.70. The maximum atomic E-state index is 13.6. The Bertz CT molecular complexity index is 1070. The van der Waals surface area contributed by atoms with E-state index < -0.39 is 40.5 Å². The van der Waals surface area contributed by atoms with Gasteiger partial charge in [0.25, 0.3) is 0 Å². The molecule has 0 spiro atoms. The summed E-state index contributed by atoms with van der Waals surface area (Å²) in [5.74, 6) is 1.11. The molecule has 3 unspecified atom stereocenters. The van der Waals surface area contributed by atoms with Crippen molar-refractivity contribution in [1.82, 2.24) is 20.4 Å². The van der Waals surface area contributed by atoms with Crippen molar-refractivity contribution in [2.24, 2.45) is 5.92 Å². The van der Waals surface area contributed by atoms with Crippen molar-refractivity contribution in [3.05, 3.63) is 35.9 Å². The van der Waals surface area contributed by atoms with Gasteiger partial charge in [-0.3, -0.25) is 23.6 Å². The Hall–Kier alpha value is -2.11. The molecule has 3 amide bonds. The Morgan fingerprint density at radius 1 is 1.05 bits per heavy atom. The Kier molecular flexibility index (Phi) is 12.2. The molecule has 3 fully saturated rings. The first-order valence-electron chi connectivity index (χ1n) is 15.4. The second-order valence-corrected chi connectivity index (χ2v) is 15.4. The highest BCUT2D eigenvalue weighted by Gasteiger charge is 2.39. The van der Waals surface area contributed by atoms with Gasteiger partial charge in [0.15, 0.2) is 0 Å². The molecule has 0 aromatic heterocycles. The highest BCUT2D eigenvalue weighted by atomic mass is 32.2. The lowest BCUT2D eigenvalue weighted by molar-refractivity contribution is -0.131. The zero-order valence-corrected chi connectivity index (χ0v) is 27.0. The molecule has 4 rings (SSSR count). The van der Waals surface area contributed by atoms with Crippen molar-refractivity contribution in [3.63, 3.8) is 0 Å². The van der Waals surface area contributed by atoms with Gasteiger partial charge in [0, 0.05) is 48.0 Å². The number of carbonyl (C=O) groups excluding carboxylic acids is 3. The minimum atomic E-state index is -1.25. The van der Waals surface area contributed by atoms with E-state index in [0.717, 1.165) is 58.2 Å². The molecule has 2 saturated heterocycles. The zero-order valence-electron chi connectivity index (χ0n) is 25.3. The fourth-order valence-electron chi connectivity index (χ4n) is 5.86. The molecule has 0 bridgehead atoms. The average Bonchev–Trinajstić information content (AvgIpc) is 3.45. The van der Waals surface area contributed by atoms with E-state index in [1.165, 1.54) is 28.6 Å². The van der Waals surface area contributed by atoms with Gasteiger partial charge in [0.05, 0.1) is 11.6 Å². The molecule has 1 aliphatic carbocycles. The third-order valence-corrected chi connectivity index (χ3v) is 10.7. The van der Waals surface area contributed by atoms with Crippen LogP contribution in [0.5, 0.6) is 0 Å². The molecule has 3 atom stereocenters. The van der Waals surface area contributed by atoms with E-state index in [9.17, 15) is 18.6 Å². The van der Waals surface area contributed by atoms with Gasteiger partial charge in [0.1, 0.15) is 17.7 Å². The third kappa shape index (κ3) is 10.3. The SMILES string of the molecule is CC(C)(C)OC(=O)N1CSCC1C(=O)NC(CS(=O)CC1CCCCC1)C(=O)NC1CCN(Cc2ccccc2)CC1. The molecule has 2 N–H and O–H groups in total. The highest BCUT2D eigenvalue weighted by Crippen LogP contribution is 2.26. The number of carbonyl (C=O) groups is 3. The molecule has 2 aliphatic heterocycles. The molecule has 11 heteroatoms. The van der Waals surface area contributed by atoms with Gasteiger partial charge in [-0.25, -0.2) is 4.79 Å². The standard InChI is InChI=1S/C31H48N4O5S2/c1-31(2,3)40-30(38)35-22-41-19-27(35)29(37)33-26(21-42(39)20-24-12-8-5-9-13-24)28(36)32-25-14-16-34(17-15-25)18-23-10-6-4-7-11-23/h4,6-7,10-11,24-27H,5,8-9,12-22H2,1-3H3,(H,32,36)(H,33,37). The van der Waals surface area contributed by atoms with Crippen LogP contribution in [0.3, 0.4) is 0 Å². The lowest BCUT2D eigenvalue weighted by atomic mass is 9.91. The van der Waals surface area contributed by atoms with Crippen LogP contribution in [0.25, 0.3) is 0 Å². The van der Waals surface area contributed by atoms with Crippen LogP contribution in [-0.2, 0) is 31.7 Å². The second-order valence-electron chi connectivity index (χ2n) is 12.8. The van der Waals surface area contributed by atoms with Gasteiger partial charge in [-0.1, -0.05) is 49.6 Å². The summed E-state index contributed by atoms with van der Waals surface area (Å²) in [6.07, 6.45) is 6.77. The number of hydrogen-bond acceptors (Lipinski definition) is 7. The van der Waals surface area contributed by atoms with Crippen LogP contribution < -0.4 is 10.6 Å². The largest absolute Gasteiger partial charge is 0.444 e. The monoisotopic (exact) mass is 620 g/mol. The van der Waals surface area contributed by atoms with Crippen LogP contribution in [0.1, 0.15) is 71.3 Å². The van der Waals surface area contributed by atoms with Crippen LogP contribution in [0.4, 0.5) is 4.79 Å². The van der Waals surface area contributed by atoms with Crippen LogP contribution in [0, 0.1) is 5.92 Å². The van der Waals surface area contributed by atoms with Gasteiger partial charge in [-0.15, -0.1) is 11.8 Å². The first kappa shape index (κ1) is 32.8. The van der Waals surface area contributed by atoms with Crippen molar-refractivity contribution < 1.29 is 23.3 Å². The number of ether oxygens (including phenoxy) is 1. The molecule has 3 aliphatic rings. The first-order chi connectivity index (χ1) is 20.1.